The van der Waals surface area contributed by atoms with Crippen LogP contribution >= 0.6 is 0 Å². The lowest BCUT2D eigenvalue weighted by Crippen LogP contribution is -2.12. The van der Waals surface area contributed by atoms with Gasteiger partial charge in [-0.25, -0.2) is 4.98 Å². The first-order valence-corrected chi connectivity index (χ1v) is 12.6. The summed E-state index contributed by atoms with van der Waals surface area (Å²) < 4.78 is 0. The van der Waals surface area contributed by atoms with Crippen LogP contribution < -0.4 is 5.32 Å². The van der Waals surface area contributed by atoms with Crippen molar-refractivity contribution in [2.24, 2.45) is 5.92 Å². The standard InChI is InChI=1S/C31H32N6/c1-6-21(15-24(7-2)33-20(5)14-19(3)4)23-12-13-27-25(16-23)30(37-36-27)31-34-28-18-32-17-26(29(28)35-31)22-10-8-9-11-22/h6-8,10-13,15-19,33H,2,5,9,14H2,1,3-4H3,(H,34,35)(H,36,37)/b21-6+,24-15+. The molecule has 37 heavy (non-hydrogen) atoms. The van der Waals surface area contributed by atoms with Crippen molar-refractivity contribution in [1.82, 2.24) is 30.5 Å². The molecule has 3 heterocycles. The molecule has 0 saturated carbocycles. The van der Waals surface area contributed by atoms with Gasteiger partial charge >= 0.3 is 0 Å². The first-order valence-electron chi connectivity index (χ1n) is 12.6. The molecule has 0 spiro atoms. The van der Waals surface area contributed by atoms with Crippen molar-refractivity contribution in [3.05, 3.63) is 103 Å². The molecular formula is C31H32N6. The van der Waals surface area contributed by atoms with Crippen LogP contribution in [0.1, 0.15) is 44.7 Å². The lowest BCUT2D eigenvalue weighted by Gasteiger charge is -2.13. The molecule has 5 rings (SSSR count). The van der Waals surface area contributed by atoms with Crippen molar-refractivity contribution >= 4 is 33.1 Å². The van der Waals surface area contributed by atoms with Gasteiger partial charge in [-0.1, -0.05) is 57.4 Å². The molecule has 6 nitrogen and oxygen atoms in total. The van der Waals surface area contributed by atoms with Crippen LogP contribution in [-0.2, 0) is 0 Å². The van der Waals surface area contributed by atoms with E-state index in [1.54, 1.807) is 0 Å². The van der Waals surface area contributed by atoms with Gasteiger partial charge in [-0.3, -0.25) is 10.1 Å². The van der Waals surface area contributed by atoms with Crippen LogP contribution in [0, 0.1) is 5.92 Å². The van der Waals surface area contributed by atoms with E-state index in [1.165, 1.54) is 0 Å². The highest BCUT2D eigenvalue weighted by atomic mass is 15.1. The van der Waals surface area contributed by atoms with Gasteiger partial charge in [0, 0.05) is 28.5 Å². The molecule has 0 unspecified atom stereocenters. The number of hydrogen-bond acceptors (Lipinski definition) is 4. The molecule has 1 aliphatic carbocycles. The summed E-state index contributed by atoms with van der Waals surface area (Å²) >= 11 is 0. The molecule has 0 saturated heterocycles. The van der Waals surface area contributed by atoms with Gasteiger partial charge in [-0.05, 0) is 66.7 Å². The molecule has 3 N–H and O–H groups in total. The van der Waals surface area contributed by atoms with E-state index in [-0.39, 0.29) is 0 Å². The Balaban J connectivity index is 1.52. The monoisotopic (exact) mass is 488 g/mol. The predicted octanol–water partition coefficient (Wildman–Crippen LogP) is 7.47. The van der Waals surface area contributed by atoms with Gasteiger partial charge in [0.15, 0.2) is 5.82 Å². The molecule has 1 aromatic carbocycles. The molecule has 0 radical (unpaired) electrons. The zero-order valence-corrected chi connectivity index (χ0v) is 21.6. The molecule has 0 atom stereocenters. The minimum absolute atomic E-state index is 0.533. The van der Waals surface area contributed by atoms with Gasteiger partial charge in [-0.2, -0.15) is 5.10 Å². The normalized spacial score (nSPS) is 14.1. The highest BCUT2D eigenvalue weighted by Gasteiger charge is 2.17. The van der Waals surface area contributed by atoms with E-state index >= 15 is 0 Å². The average molecular weight is 489 g/mol. The van der Waals surface area contributed by atoms with Crippen molar-refractivity contribution in [3.63, 3.8) is 0 Å². The number of benzene rings is 1. The third kappa shape index (κ3) is 4.96. The summed E-state index contributed by atoms with van der Waals surface area (Å²) in [5.41, 5.74) is 9.74. The Bertz CT molecular complexity index is 1620. The molecule has 6 heteroatoms. The number of nitrogens with zero attached hydrogens (tertiary/aromatic N) is 3. The maximum atomic E-state index is 4.95. The number of aromatic nitrogens is 5. The molecule has 0 amide bonds. The summed E-state index contributed by atoms with van der Waals surface area (Å²) in [6.45, 7) is 14.6. The van der Waals surface area contributed by atoms with E-state index in [4.69, 9.17) is 4.98 Å². The maximum Gasteiger partial charge on any atom is 0.159 e. The van der Waals surface area contributed by atoms with Gasteiger partial charge < -0.3 is 10.3 Å². The second-order valence-electron chi connectivity index (χ2n) is 9.67. The van der Waals surface area contributed by atoms with E-state index in [0.29, 0.717) is 11.7 Å². The van der Waals surface area contributed by atoms with Gasteiger partial charge in [-0.15, -0.1) is 0 Å². The minimum Gasteiger partial charge on any atom is -0.359 e. The number of fused-ring (bicyclic) bond motifs is 2. The molecule has 0 bridgehead atoms. The van der Waals surface area contributed by atoms with Gasteiger partial charge in [0.2, 0.25) is 0 Å². The smallest absolute Gasteiger partial charge is 0.159 e. The molecule has 4 aromatic rings. The quantitative estimate of drug-likeness (QED) is 0.213. The van der Waals surface area contributed by atoms with Crippen molar-refractivity contribution < 1.29 is 0 Å². The lowest BCUT2D eigenvalue weighted by atomic mass is 10.0. The van der Waals surface area contributed by atoms with Gasteiger partial charge in [0.1, 0.15) is 5.69 Å². The lowest BCUT2D eigenvalue weighted by molar-refractivity contribution is 0.622. The Labute approximate surface area is 217 Å². The molecular weight excluding hydrogens is 456 g/mol. The largest absolute Gasteiger partial charge is 0.359 e. The summed E-state index contributed by atoms with van der Waals surface area (Å²) in [5, 5.41) is 12.2. The van der Waals surface area contributed by atoms with Crippen molar-refractivity contribution in [2.45, 2.75) is 33.6 Å². The fraction of sp³-hybridized carbons (Fsp3) is 0.194. The van der Waals surface area contributed by atoms with Crippen LogP contribution in [0.25, 0.3) is 44.6 Å². The van der Waals surface area contributed by atoms with Crippen LogP contribution in [0.5, 0.6) is 0 Å². The summed E-state index contributed by atoms with van der Waals surface area (Å²) in [5.74, 6) is 1.25. The van der Waals surface area contributed by atoms with Crippen molar-refractivity contribution in [3.8, 4) is 11.5 Å². The first kappa shape index (κ1) is 24.3. The molecule has 3 aromatic heterocycles. The Hall–Kier alpha value is -4.45. The van der Waals surface area contributed by atoms with Crippen LogP contribution in [0.2, 0.25) is 0 Å². The van der Waals surface area contributed by atoms with E-state index in [2.05, 4.69) is 101 Å². The Morgan fingerprint density at radius 1 is 1.22 bits per heavy atom. The van der Waals surface area contributed by atoms with Crippen LogP contribution in [0.4, 0.5) is 0 Å². The summed E-state index contributed by atoms with van der Waals surface area (Å²) in [4.78, 5) is 12.8. The average Bonchev–Trinajstić information content (AvgIpc) is 3.64. The van der Waals surface area contributed by atoms with Crippen molar-refractivity contribution in [1.29, 1.82) is 0 Å². The van der Waals surface area contributed by atoms with E-state index < -0.39 is 0 Å². The SMILES string of the molecule is C=C/C(=C\C(=C/C)c1ccc2[nH]nc(-c3nc4c(C5=CCC=C5)cncc4[nH]3)c2c1)NC(=C)CC(C)C. The third-order valence-corrected chi connectivity index (χ3v) is 6.41. The van der Waals surface area contributed by atoms with Crippen LogP contribution in [0.15, 0.2) is 91.6 Å². The Morgan fingerprint density at radius 3 is 2.81 bits per heavy atom. The number of imidazole rings is 1. The van der Waals surface area contributed by atoms with E-state index in [0.717, 1.165) is 74.1 Å². The second-order valence-corrected chi connectivity index (χ2v) is 9.67. The topological polar surface area (TPSA) is 82.3 Å². The zero-order valence-electron chi connectivity index (χ0n) is 21.6. The summed E-state index contributed by atoms with van der Waals surface area (Å²) in [6.07, 6.45) is 18.0. The molecule has 1 aliphatic rings. The Morgan fingerprint density at radius 2 is 2.08 bits per heavy atom. The third-order valence-electron chi connectivity index (χ3n) is 6.41. The summed E-state index contributed by atoms with van der Waals surface area (Å²) in [6, 6.07) is 6.30. The Kier molecular flexibility index (Phi) is 6.73. The van der Waals surface area contributed by atoms with Gasteiger partial charge in [0.25, 0.3) is 0 Å². The number of H-pyrrole nitrogens is 2. The number of pyridine rings is 1. The number of allylic oxidation sites excluding steroid dienone is 9. The zero-order chi connectivity index (χ0) is 25.9. The molecule has 0 fully saturated rings. The minimum atomic E-state index is 0.533. The fourth-order valence-electron chi connectivity index (χ4n) is 4.68. The maximum absolute atomic E-state index is 4.95. The fourth-order valence-corrected chi connectivity index (χ4v) is 4.68. The van der Waals surface area contributed by atoms with E-state index in [1.807, 2.05) is 25.4 Å². The van der Waals surface area contributed by atoms with Crippen LogP contribution in [0.3, 0.4) is 0 Å². The van der Waals surface area contributed by atoms with Crippen molar-refractivity contribution in [2.75, 3.05) is 0 Å². The highest BCUT2D eigenvalue weighted by Crippen LogP contribution is 2.32. The van der Waals surface area contributed by atoms with E-state index in [9.17, 15) is 0 Å². The first-order chi connectivity index (χ1) is 18.0. The van der Waals surface area contributed by atoms with Crippen LogP contribution in [-0.4, -0.2) is 25.1 Å². The van der Waals surface area contributed by atoms with Gasteiger partial charge in [0.05, 0.1) is 22.7 Å². The molecule has 0 aliphatic heterocycles. The summed E-state index contributed by atoms with van der Waals surface area (Å²) in [7, 11) is 0. The number of nitrogens with one attached hydrogen (secondary N) is 3. The predicted molar refractivity (Wildman–Crippen MR) is 154 cm³/mol. The highest BCUT2D eigenvalue weighted by molar-refractivity contribution is 5.98. The number of hydrogen-bond donors (Lipinski definition) is 3. The number of aromatic amines is 2. The number of rotatable bonds is 9. The molecule has 186 valence electrons. The second kappa shape index (κ2) is 10.3.